The highest BCUT2D eigenvalue weighted by atomic mass is 32.2. The number of benzene rings is 1. The second-order valence-electron chi connectivity index (χ2n) is 6.79. The molecule has 1 N–H and O–H groups in total. The van der Waals surface area contributed by atoms with E-state index in [0.29, 0.717) is 0 Å². The number of thioether (sulfide) groups is 1. The lowest BCUT2D eigenvalue weighted by Gasteiger charge is -2.32. The molecule has 0 aliphatic heterocycles. The third-order valence-electron chi connectivity index (χ3n) is 4.87. The molecule has 1 heterocycles. The van der Waals surface area contributed by atoms with Crippen molar-refractivity contribution in [2.24, 2.45) is 0 Å². The minimum absolute atomic E-state index is 0.122. The number of carbonyl (C=O) groups excluding carboxylic acids is 1. The first-order chi connectivity index (χ1) is 13.1. The van der Waals surface area contributed by atoms with Crippen LogP contribution in [-0.2, 0) is 4.79 Å². The second kappa shape index (κ2) is 8.49. The van der Waals surface area contributed by atoms with Crippen molar-refractivity contribution in [2.75, 3.05) is 7.11 Å². The third kappa shape index (κ3) is 4.45. The van der Waals surface area contributed by atoms with Crippen molar-refractivity contribution in [3.8, 4) is 17.5 Å². The van der Waals surface area contributed by atoms with Crippen LogP contribution < -0.4 is 10.1 Å². The fourth-order valence-electron chi connectivity index (χ4n) is 3.30. The van der Waals surface area contributed by atoms with Crippen molar-refractivity contribution in [3.05, 3.63) is 36.7 Å². The first-order valence-corrected chi connectivity index (χ1v) is 10.0. The molecule has 1 aromatic heterocycles. The van der Waals surface area contributed by atoms with E-state index in [-0.39, 0.29) is 11.2 Å². The molecule has 142 valence electrons. The van der Waals surface area contributed by atoms with E-state index in [4.69, 9.17) is 4.74 Å². The summed E-state index contributed by atoms with van der Waals surface area (Å²) in [5.74, 6) is 0.639. The summed E-state index contributed by atoms with van der Waals surface area (Å²) >= 11 is 1.38. The number of nitrogens with zero attached hydrogens (tertiary/aromatic N) is 3. The number of aromatic nitrogens is 2. The van der Waals surface area contributed by atoms with Crippen LogP contribution in [0.1, 0.15) is 39.0 Å². The summed E-state index contributed by atoms with van der Waals surface area (Å²) in [6.45, 7) is 1.85. The number of nitrogens with one attached hydrogen (secondary N) is 1. The molecule has 7 heteroatoms. The number of hydrogen-bond acceptors (Lipinski definition) is 5. The van der Waals surface area contributed by atoms with Gasteiger partial charge in [-0.05, 0) is 31.9 Å². The third-order valence-corrected chi connectivity index (χ3v) is 5.95. The van der Waals surface area contributed by atoms with E-state index in [1.807, 2.05) is 42.0 Å². The molecule has 1 fully saturated rings. The van der Waals surface area contributed by atoms with Crippen LogP contribution in [0.15, 0.2) is 41.8 Å². The Kier molecular flexibility index (Phi) is 6.07. The van der Waals surface area contributed by atoms with Crippen LogP contribution in [0.5, 0.6) is 5.75 Å². The average molecular weight is 385 g/mol. The minimum atomic E-state index is -0.716. The maximum Gasteiger partial charge on any atom is 0.234 e. The van der Waals surface area contributed by atoms with Gasteiger partial charge in [-0.1, -0.05) is 37.1 Å². The fraction of sp³-hybridized carbons (Fsp3) is 0.450. The quantitative estimate of drug-likeness (QED) is 0.768. The van der Waals surface area contributed by atoms with E-state index in [1.165, 1.54) is 11.8 Å². The SMILES string of the molecule is COc1cccc(-n2ccnc2SC(C)C(=O)NC2(C#N)CCCCC2)c1. The van der Waals surface area contributed by atoms with Gasteiger partial charge in [-0.15, -0.1) is 0 Å². The summed E-state index contributed by atoms with van der Waals surface area (Å²) in [7, 11) is 1.63. The molecular formula is C20H24N4O2S. The molecule has 27 heavy (non-hydrogen) atoms. The molecule has 1 aliphatic rings. The van der Waals surface area contributed by atoms with E-state index < -0.39 is 5.54 Å². The molecule has 0 bridgehead atoms. The van der Waals surface area contributed by atoms with Gasteiger partial charge in [0.2, 0.25) is 5.91 Å². The van der Waals surface area contributed by atoms with Gasteiger partial charge in [-0.25, -0.2) is 4.98 Å². The Balaban J connectivity index is 1.71. The van der Waals surface area contributed by atoms with Crippen molar-refractivity contribution < 1.29 is 9.53 Å². The summed E-state index contributed by atoms with van der Waals surface area (Å²) in [5, 5.41) is 12.9. The summed E-state index contributed by atoms with van der Waals surface area (Å²) in [5.41, 5.74) is 0.203. The van der Waals surface area contributed by atoms with Gasteiger partial charge in [-0.3, -0.25) is 9.36 Å². The summed E-state index contributed by atoms with van der Waals surface area (Å²) in [6, 6.07) is 10.0. The molecule has 0 spiro atoms. The van der Waals surface area contributed by atoms with Crippen molar-refractivity contribution in [1.82, 2.24) is 14.9 Å². The van der Waals surface area contributed by atoms with Crippen LogP contribution in [0.3, 0.4) is 0 Å². The zero-order valence-corrected chi connectivity index (χ0v) is 16.5. The number of amides is 1. The number of methoxy groups -OCH3 is 1. The number of hydrogen-bond donors (Lipinski definition) is 1. The predicted molar refractivity (Wildman–Crippen MR) is 105 cm³/mol. The summed E-state index contributed by atoms with van der Waals surface area (Å²) < 4.78 is 7.21. The first kappa shape index (κ1) is 19.3. The molecular weight excluding hydrogens is 360 g/mol. The van der Waals surface area contributed by atoms with Gasteiger partial charge < -0.3 is 10.1 Å². The summed E-state index contributed by atoms with van der Waals surface area (Å²) in [6.07, 6.45) is 8.12. The van der Waals surface area contributed by atoms with Crippen LogP contribution in [0.25, 0.3) is 5.69 Å². The van der Waals surface area contributed by atoms with Gasteiger partial charge in [0.05, 0.1) is 24.1 Å². The monoisotopic (exact) mass is 384 g/mol. The van der Waals surface area contributed by atoms with Crippen LogP contribution in [0, 0.1) is 11.3 Å². The van der Waals surface area contributed by atoms with E-state index in [0.717, 1.165) is 48.7 Å². The highest BCUT2D eigenvalue weighted by molar-refractivity contribution is 8.00. The molecule has 0 saturated heterocycles. The average Bonchev–Trinajstić information content (AvgIpc) is 3.16. The Morgan fingerprint density at radius 1 is 1.41 bits per heavy atom. The maximum atomic E-state index is 12.7. The minimum Gasteiger partial charge on any atom is -0.497 e. The number of rotatable bonds is 6. The lowest BCUT2D eigenvalue weighted by molar-refractivity contribution is -0.121. The Bertz CT molecular complexity index is 837. The molecule has 2 aromatic rings. The molecule has 1 aliphatic carbocycles. The molecule has 1 aromatic carbocycles. The van der Waals surface area contributed by atoms with E-state index in [2.05, 4.69) is 16.4 Å². The highest BCUT2D eigenvalue weighted by Crippen LogP contribution is 2.30. The standard InChI is InChI=1S/C20H24N4O2S/c1-15(18(25)23-20(14-21)9-4-3-5-10-20)27-19-22-11-12-24(19)16-7-6-8-17(13-16)26-2/h6-8,11-13,15H,3-5,9-10H2,1-2H3,(H,23,25). The second-order valence-corrected chi connectivity index (χ2v) is 8.09. The number of carbonyl (C=O) groups is 1. The van der Waals surface area contributed by atoms with Gasteiger partial charge in [0.15, 0.2) is 5.16 Å². The van der Waals surface area contributed by atoms with Crippen molar-refractivity contribution in [2.45, 2.75) is 55.0 Å². The molecule has 1 atom stereocenters. The van der Waals surface area contributed by atoms with Crippen molar-refractivity contribution in [1.29, 1.82) is 5.26 Å². The smallest absolute Gasteiger partial charge is 0.234 e. The van der Waals surface area contributed by atoms with Gasteiger partial charge in [0.1, 0.15) is 11.3 Å². The van der Waals surface area contributed by atoms with Crippen molar-refractivity contribution >= 4 is 17.7 Å². The zero-order valence-electron chi connectivity index (χ0n) is 15.6. The van der Waals surface area contributed by atoms with E-state index in [1.54, 1.807) is 13.3 Å². The fourth-order valence-corrected chi connectivity index (χ4v) is 4.19. The van der Waals surface area contributed by atoms with Crippen LogP contribution in [0.2, 0.25) is 0 Å². The lowest BCUT2D eigenvalue weighted by Crippen LogP contribution is -2.50. The Morgan fingerprint density at radius 2 is 2.19 bits per heavy atom. The topological polar surface area (TPSA) is 79.9 Å². The Morgan fingerprint density at radius 3 is 2.89 bits per heavy atom. The normalized spacial score (nSPS) is 16.9. The highest BCUT2D eigenvalue weighted by Gasteiger charge is 2.35. The predicted octanol–water partition coefficient (Wildman–Crippen LogP) is 3.70. The molecule has 1 unspecified atom stereocenters. The maximum absolute atomic E-state index is 12.7. The van der Waals surface area contributed by atoms with Crippen molar-refractivity contribution in [3.63, 3.8) is 0 Å². The van der Waals surface area contributed by atoms with Gasteiger partial charge in [0, 0.05) is 18.5 Å². The molecule has 6 nitrogen and oxygen atoms in total. The number of nitriles is 1. The van der Waals surface area contributed by atoms with Crippen LogP contribution in [-0.4, -0.2) is 33.4 Å². The number of imidazole rings is 1. The number of ether oxygens (including phenoxy) is 1. The van der Waals surface area contributed by atoms with E-state index in [9.17, 15) is 10.1 Å². The first-order valence-electron chi connectivity index (χ1n) is 9.14. The Hall–Kier alpha value is -2.46. The molecule has 0 radical (unpaired) electrons. The largest absolute Gasteiger partial charge is 0.497 e. The zero-order chi connectivity index (χ0) is 19.3. The molecule has 1 amide bonds. The summed E-state index contributed by atoms with van der Waals surface area (Å²) in [4.78, 5) is 17.1. The van der Waals surface area contributed by atoms with Gasteiger partial charge in [0.25, 0.3) is 0 Å². The van der Waals surface area contributed by atoms with Gasteiger partial charge >= 0.3 is 0 Å². The van der Waals surface area contributed by atoms with E-state index >= 15 is 0 Å². The van der Waals surface area contributed by atoms with Crippen LogP contribution >= 0.6 is 11.8 Å². The molecule has 1 saturated carbocycles. The molecule has 3 rings (SSSR count). The lowest BCUT2D eigenvalue weighted by atomic mass is 9.83. The van der Waals surface area contributed by atoms with Crippen LogP contribution in [0.4, 0.5) is 0 Å². The van der Waals surface area contributed by atoms with Gasteiger partial charge in [-0.2, -0.15) is 5.26 Å². The Labute approximate surface area is 163 Å².